The van der Waals surface area contributed by atoms with Crippen LogP contribution in [0.25, 0.3) is 0 Å². The Morgan fingerprint density at radius 1 is 1.50 bits per heavy atom. The maximum Gasteiger partial charge on any atom is 0.263 e. The molecule has 2 atom stereocenters. The van der Waals surface area contributed by atoms with Crippen LogP contribution >= 0.6 is 0 Å². The number of nitrogens with zero attached hydrogens (tertiary/aromatic N) is 2. The predicted molar refractivity (Wildman–Crippen MR) is 80.5 cm³/mol. The van der Waals surface area contributed by atoms with Crippen LogP contribution in [0.5, 0.6) is 0 Å². The Kier molecular flexibility index (Phi) is 5.42. The van der Waals surface area contributed by atoms with Crippen molar-refractivity contribution in [3.8, 4) is 6.07 Å². The van der Waals surface area contributed by atoms with Crippen LogP contribution in [0.15, 0.2) is 11.8 Å². The Labute approximate surface area is 130 Å². The fraction of sp³-hybridized carbons (Fsp3) is 0.714. The highest BCUT2D eigenvalue weighted by Crippen LogP contribution is 2.17. The Hall–Kier alpha value is -1.59. The number of carbonyl (C=O) groups is 1. The number of hydrogen-bond donors (Lipinski definition) is 1. The summed E-state index contributed by atoms with van der Waals surface area (Å²) in [5, 5.41) is 11.8. The molecule has 2 rings (SSSR count). The Morgan fingerprint density at radius 2 is 2.27 bits per heavy atom. The molecule has 2 unspecified atom stereocenters. The third-order valence-electron chi connectivity index (χ3n) is 4.00. The molecule has 0 bridgehead atoms. The first-order chi connectivity index (χ1) is 10.4. The number of nitrogens with one attached hydrogen (secondary N) is 1. The smallest absolute Gasteiger partial charge is 0.263 e. The molecule has 0 aromatic rings. The first kappa shape index (κ1) is 16.8. The SMILES string of the molecule is CN(/C=C(/C#N)C(=O)NCC1CCCO1)C1CCS(=O)(=O)C1. The molecule has 8 heteroatoms. The molecular formula is C14H21N3O4S. The normalized spacial score (nSPS) is 27.4. The van der Waals surface area contributed by atoms with Gasteiger partial charge in [0.05, 0.1) is 17.6 Å². The van der Waals surface area contributed by atoms with Gasteiger partial charge in [0.1, 0.15) is 11.6 Å². The van der Waals surface area contributed by atoms with Crippen LogP contribution in [0.3, 0.4) is 0 Å². The number of ether oxygens (including phenoxy) is 1. The summed E-state index contributed by atoms with van der Waals surface area (Å²) in [6.45, 7) is 1.10. The fourth-order valence-corrected chi connectivity index (χ4v) is 4.44. The van der Waals surface area contributed by atoms with Crippen molar-refractivity contribution in [1.29, 1.82) is 5.26 Å². The van der Waals surface area contributed by atoms with Gasteiger partial charge in [-0.3, -0.25) is 4.79 Å². The third-order valence-corrected chi connectivity index (χ3v) is 5.75. The van der Waals surface area contributed by atoms with Gasteiger partial charge in [0.15, 0.2) is 9.84 Å². The molecule has 22 heavy (non-hydrogen) atoms. The highest BCUT2D eigenvalue weighted by atomic mass is 32.2. The standard InChI is InChI=1S/C14H21N3O4S/c1-17(12-4-6-22(19,20)10-12)9-11(7-15)14(18)16-8-13-3-2-5-21-13/h9,12-13H,2-6,8,10H2,1H3,(H,16,18)/b11-9-. The molecule has 2 aliphatic heterocycles. The fourth-order valence-electron chi connectivity index (χ4n) is 2.65. The van der Waals surface area contributed by atoms with Crippen LogP contribution in [0.1, 0.15) is 19.3 Å². The van der Waals surface area contributed by atoms with Crippen molar-refractivity contribution in [3.63, 3.8) is 0 Å². The monoisotopic (exact) mass is 327 g/mol. The number of rotatable bonds is 5. The van der Waals surface area contributed by atoms with Gasteiger partial charge in [0, 0.05) is 32.4 Å². The zero-order valence-electron chi connectivity index (χ0n) is 12.6. The lowest BCUT2D eigenvalue weighted by molar-refractivity contribution is -0.117. The van der Waals surface area contributed by atoms with Crippen molar-refractivity contribution in [2.75, 3.05) is 31.7 Å². The summed E-state index contributed by atoms with van der Waals surface area (Å²) in [4.78, 5) is 13.7. The zero-order valence-corrected chi connectivity index (χ0v) is 13.4. The van der Waals surface area contributed by atoms with Crippen molar-refractivity contribution in [1.82, 2.24) is 10.2 Å². The molecule has 0 aliphatic carbocycles. The second kappa shape index (κ2) is 7.11. The number of amides is 1. The first-order valence-corrected chi connectivity index (χ1v) is 9.17. The highest BCUT2D eigenvalue weighted by Gasteiger charge is 2.30. The topological polar surface area (TPSA) is 99.5 Å². The summed E-state index contributed by atoms with van der Waals surface area (Å²) in [7, 11) is -1.30. The first-order valence-electron chi connectivity index (χ1n) is 7.35. The van der Waals surface area contributed by atoms with E-state index in [0.717, 1.165) is 12.8 Å². The van der Waals surface area contributed by atoms with E-state index in [1.807, 2.05) is 6.07 Å². The Morgan fingerprint density at radius 3 is 2.82 bits per heavy atom. The van der Waals surface area contributed by atoms with Gasteiger partial charge in [-0.2, -0.15) is 5.26 Å². The van der Waals surface area contributed by atoms with Gasteiger partial charge in [0.25, 0.3) is 5.91 Å². The summed E-state index contributed by atoms with van der Waals surface area (Å²) in [6, 6.07) is 1.69. The third kappa shape index (κ3) is 4.45. The summed E-state index contributed by atoms with van der Waals surface area (Å²) in [6.07, 6.45) is 3.86. The number of hydrogen-bond acceptors (Lipinski definition) is 6. The molecule has 0 radical (unpaired) electrons. The lowest BCUT2D eigenvalue weighted by Crippen LogP contribution is -2.34. The summed E-state index contributed by atoms with van der Waals surface area (Å²) in [5.74, 6) is -0.232. The van der Waals surface area contributed by atoms with Crippen LogP contribution in [-0.4, -0.2) is 63.1 Å². The van der Waals surface area contributed by atoms with Gasteiger partial charge in [-0.15, -0.1) is 0 Å². The van der Waals surface area contributed by atoms with Gasteiger partial charge in [-0.05, 0) is 19.3 Å². The Bertz CT molecular complexity index is 588. The second-order valence-electron chi connectivity index (χ2n) is 5.72. The molecule has 122 valence electrons. The van der Waals surface area contributed by atoms with E-state index in [9.17, 15) is 13.2 Å². The minimum Gasteiger partial charge on any atom is -0.376 e. The highest BCUT2D eigenvalue weighted by molar-refractivity contribution is 7.91. The van der Waals surface area contributed by atoms with Crippen LogP contribution in [0.4, 0.5) is 0 Å². The molecule has 7 nitrogen and oxygen atoms in total. The molecule has 0 spiro atoms. The number of sulfone groups is 1. The molecule has 0 aromatic carbocycles. The average Bonchev–Trinajstić information content (AvgIpc) is 3.11. The second-order valence-corrected chi connectivity index (χ2v) is 7.95. The van der Waals surface area contributed by atoms with Gasteiger partial charge in [0.2, 0.25) is 0 Å². The number of nitriles is 1. The van der Waals surface area contributed by atoms with E-state index in [2.05, 4.69) is 5.32 Å². The van der Waals surface area contributed by atoms with E-state index < -0.39 is 15.7 Å². The van der Waals surface area contributed by atoms with Crippen LogP contribution in [0, 0.1) is 11.3 Å². The van der Waals surface area contributed by atoms with Crippen molar-refractivity contribution in [2.24, 2.45) is 0 Å². The quantitative estimate of drug-likeness (QED) is 0.555. The molecule has 1 N–H and O–H groups in total. The number of carbonyl (C=O) groups excluding carboxylic acids is 1. The van der Waals surface area contributed by atoms with Gasteiger partial charge in [-0.1, -0.05) is 0 Å². The van der Waals surface area contributed by atoms with E-state index in [4.69, 9.17) is 10.00 Å². The molecule has 2 heterocycles. The van der Waals surface area contributed by atoms with Crippen LogP contribution in [0.2, 0.25) is 0 Å². The minimum absolute atomic E-state index is 0.0154. The van der Waals surface area contributed by atoms with Crippen molar-refractivity contribution in [3.05, 3.63) is 11.8 Å². The lowest BCUT2D eigenvalue weighted by Gasteiger charge is -2.21. The molecule has 0 saturated carbocycles. The largest absolute Gasteiger partial charge is 0.376 e. The molecule has 2 saturated heterocycles. The molecular weight excluding hydrogens is 306 g/mol. The van der Waals surface area contributed by atoms with E-state index in [-0.39, 0.29) is 29.2 Å². The maximum absolute atomic E-state index is 12.0. The lowest BCUT2D eigenvalue weighted by atomic mass is 10.2. The molecule has 0 aromatic heterocycles. The van der Waals surface area contributed by atoms with Gasteiger partial charge >= 0.3 is 0 Å². The van der Waals surface area contributed by atoms with E-state index in [0.29, 0.717) is 19.6 Å². The van der Waals surface area contributed by atoms with Crippen molar-refractivity contribution < 1.29 is 17.9 Å². The average molecular weight is 327 g/mol. The minimum atomic E-state index is -3.00. The summed E-state index contributed by atoms with van der Waals surface area (Å²) >= 11 is 0. The van der Waals surface area contributed by atoms with Gasteiger partial charge in [-0.25, -0.2) is 8.42 Å². The summed E-state index contributed by atoms with van der Waals surface area (Å²) < 4.78 is 28.4. The van der Waals surface area contributed by atoms with Crippen LogP contribution < -0.4 is 5.32 Å². The van der Waals surface area contributed by atoms with Crippen molar-refractivity contribution >= 4 is 15.7 Å². The van der Waals surface area contributed by atoms with E-state index in [1.54, 1.807) is 11.9 Å². The molecule has 2 fully saturated rings. The van der Waals surface area contributed by atoms with Crippen molar-refractivity contribution in [2.45, 2.75) is 31.4 Å². The maximum atomic E-state index is 12.0. The molecule has 1 amide bonds. The van der Waals surface area contributed by atoms with E-state index in [1.165, 1.54) is 6.20 Å². The summed E-state index contributed by atoms with van der Waals surface area (Å²) in [5.41, 5.74) is -0.0233. The zero-order chi connectivity index (χ0) is 16.2. The van der Waals surface area contributed by atoms with Crippen LogP contribution in [-0.2, 0) is 19.4 Å². The Balaban J connectivity index is 1.91. The molecule has 2 aliphatic rings. The predicted octanol–water partition coefficient (Wildman–Crippen LogP) is -0.192. The van der Waals surface area contributed by atoms with E-state index >= 15 is 0 Å². The van der Waals surface area contributed by atoms with Gasteiger partial charge < -0.3 is 15.0 Å².